The molecular weight excluding hydrogens is 328 g/mol. The van der Waals surface area contributed by atoms with Gasteiger partial charge in [-0.3, -0.25) is 18.8 Å². The third-order valence-corrected chi connectivity index (χ3v) is 4.09. The minimum atomic E-state index is -0.786. The van der Waals surface area contributed by atoms with Crippen LogP contribution >= 0.6 is 0 Å². The highest BCUT2D eigenvalue weighted by molar-refractivity contribution is 5.74. The van der Waals surface area contributed by atoms with Crippen molar-refractivity contribution >= 4 is 6.29 Å². The minimum absolute atomic E-state index is 0.0711. The number of nitrogens with zero attached hydrogens (tertiary/aromatic N) is 3. The van der Waals surface area contributed by atoms with Crippen molar-refractivity contribution in [1.82, 2.24) is 14.3 Å². The largest absolute Gasteiger partial charge is 0.299 e. The van der Waals surface area contributed by atoms with Gasteiger partial charge >= 0.3 is 0 Å². The summed E-state index contributed by atoms with van der Waals surface area (Å²) in [5, 5.41) is 4.21. The highest BCUT2D eigenvalue weighted by atomic mass is 19.1. The maximum absolute atomic E-state index is 14.4. The second-order valence-electron chi connectivity index (χ2n) is 5.75. The molecule has 25 heavy (non-hydrogen) atoms. The molecule has 2 heterocycles. The van der Waals surface area contributed by atoms with Crippen LogP contribution in [0.15, 0.2) is 35.3 Å². The number of hydrogen-bond donors (Lipinski definition) is 0. The van der Waals surface area contributed by atoms with E-state index in [-0.39, 0.29) is 28.1 Å². The van der Waals surface area contributed by atoms with Gasteiger partial charge in [-0.25, -0.2) is 8.78 Å². The molecule has 3 rings (SSSR count). The number of pyridine rings is 1. The van der Waals surface area contributed by atoms with Crippen molar-refractivity contribution in [1.29, 1.82) is 0 Å². The number of aldehydes is 1. The molecule has 0 amide bonds. The van der Waals surface area contributed by atoms with Crippen LogP contribution in [0.4, 0.5) is 8.78 Å². The lowest BCUT2D eigenvalue weighted by molar-refractivity contribution is 0.111. The molecule has 128 valence electrons. The first-order valence-corrected chi connectivity index (χ1v) is 7.52. The second kappa shape index (κ2) is 6.08. The Morgan fingerprint density at radius 1 is 1.16 bits per heavy atom. The number of aryl methyl sites for hydroxylation is 2. The minimum Gasteiger partial charge on any atom is -0.299 e. The average Bonchev–Trinajstić information content (AvgIpc) is 2.95. The number of hydrogen-bond acceptors (Lipinski definition) is 3. The molecule has 1 aromatic carbocycles. The van der Waals surface area contributed by atoms with Gasteiger partial charge in [-0.05, 0) is 26.0 Å². The topological polar surface area (TPSA) is 56.9 Å². The molecule has 0 bridgehead atoms. The van der Waals surface area contributed by atoms with Crippen LogP contribution in [-0.4, -0.2) is 20.6 Å². The van der Waals surface area contributed by atoms with E-state index >= 15 is 0 Å². The number of halogens is 2. The van der Waals surface area contributed by atoms with Gasteiger partial charge in [0.05, 0.1) is 11.3 Å². The Morgan fingerprint density at radius 2 is 1.80 bits per heavy atom. The van der Waals surface area contributed by atoms with E-state index in [1.54, 1.807) is 14.0 Å². The van der Waals surface area contributed by atoms with Crippen LogP contribution in [0.1, 0.15) is 21.6 Å². The van der Waals surface area contributed by atoms with Gasteiger partial charge in [0.25, 0.3) is 0 Å². The Labute approximate surface area is 142 Å². The second-order valence-corrected chi connectivity index (χ2v) is 5.75. The highest BCUT2D eigenvalue weighted by Gasteiger charge is 2.21. The van der Waals surface area contributed by atoms with Gasteiger partial charge in [-0.15, -0.1) is 0 Å². The van der Waals surface area contributed by atoms with E-state index in [1.165, 1.54) is 34.5 Å². The molecule has 0 unspecified atom stereocenters. The van der Waals surface area contributed by atoms with Crippen LogP contribution in [0.5, 0.6) is 0 Å². The predicted octanol–water partition coefficient (Wildman–Crippen LogP) is 2.95. The molecule has 7 heteroatoms. The van der Waals surface area contributed by atoms with Crippen LogP contribution in [0, 0.1) is 25.5 Å². The third-order valence-electron chi connectivity index (χ3n) is 4.09. The van der Waals surface area contributed by atoms with Crippen molar-refractivity contribution in [2.75, 3.05) is 0 Å². The number of carbonyl (C=O) groups is 1. The molecule has 0 atom stereocenters. The monoisotopic (exact) mass is 343 g/mol. The summed E-state index contributed by atoms with van der Waals surface area (Å²) in [5.74, 6) is -1.29. The van der Waals surface area contributed by atoms with Crippen LogP contribution in [0.2, 0.25) is 0 Å². The Balaban J connectivity index is 2.44. The Bertz CT molecular complexity index is 1030. The lowest BCUT2D eigenvalue weighted by Crippen LogP contribution is -2.17. The Hall–Kier alpha value is -3.09. The first kappa shape index (κ1) is 16.8. The normalized spacial score (nSPS) is 10.9. The van der Waals surface area contributed by atoms with E-state index in [2.05, 4.69) is 5.10 Å². The maximum atomic E-state index is 14.4. The summed E-state index contributed by atoms with van der Waals surface area (Å²) in [6.07, 6.45) is 2.09. The molecular formula is C18H15F2N3O2. The molecule has 0 aliphatic carbocycles. The Kier molecular flexibility index (Phi) is 4.08. The summed E-state index contributed by atoms with van der Waals surface area (Å²) in [4.78, 5) is 23.4. The van der Waals surface area contributed by atoms with Crippen LogP contribution in [0.3, 0.4) is 0 Å². The van der Waals surface area contributed by atoms with Gasteiger partial charge < -0.3 is 0 Å². The molecule has 5 nitrogen and oxygen atoms in total. The first-order valence-electron chi connectivity index (χ1n) is 7.52. The highest BCUT2D eigenvalue weighted by Crippen LogP contribution is 2.30. The number of benzene rings is 1. The maximum Gasteiger partial charge on any atom is 0.188 e. The fourth-order valence-electron chi connectivity index (χ4n) is 2.81. The van der Waals surface area contributed by atoms with Crippen molar-refractivity contribution < 1.29 is 13.6 Å². The van der Waals surface area contributed by atoms with Crippen LogP contribution in [-0.2, 0) is 7.05 Å². The fourth-order valence-corrected chi connectivity index (χ4v) is 2.81. The predicted molar refractivity (Wildman–Crippen MR) is 89.0 cm³/mol. The van der Waals surface area contributed by atoms with Crippen molar-refractivity contribution in [2.45, 2.75) is 13.8 Å². The van der Waals surface area contributed by atoms with E-state index in [9.17, 15) is 18.4 Å². The SMILES string of the molecule is Cc1cn(-c2cc(C=O)n(C)n2)c(-c2c(F)cccc2F)c(C)c1=O. The van der Waals surface area contributed by atoms with Crippen LogP contribution < -0.4 is 5.43 Å². The van der Waals surface area contributed by atoms with Crippen molar-refractivity contribution in [2.24, 2.45) is 7.05 Å². The zero-order valence-electron chi connectivity index (χ0n) is 13.9. The third kappa shape index (κ3) is 2.67. The molecule has 0 spiro atoms. The molecule has 0 aliphatic heterocycles. The van der Waals surface area contributed by atoms with E-state index in [0.29, 0.717) is 17.5 Å². The van der Waals surface area contributed by atoms with Gasteiger partial charge in [0, 0.05) is 30.4 Å². The van der Waals surface area contributed by atoms with Crippen molar-refractivity contribution in [3.05, 3.63) is 69.1 Å². The van der Waals surface area contributed by atoms with Gasteiger partial charge in [0.1, 0.15) is 17.3 Å². The zero-order valence-corrected chi connectivity index (χ0v) is 13.9. The summed E-state index contributed by atoms with van der Waals surface area (Å²) in [7, 11) is 1.58. The number of rotatable bonds is 3. The molecule has 0 saturated carbocycles. The van der Waals surface area contributed by atoms with E-state index in [0.717, 1.165) is 12.1 Å². The smallest absolute Gasteiger partial charge is 0.188 e. The summed E-state index contributed by atoms with van der Waals surface area (Å²) in [5.41, 5.74) is 0.347. The van der Waals surface area contributed by atoms with Crippen LogP contribution in [0.25, 0.3) is 17.1 Å². The molecule has 0 N–H and O–H groups in total. The lowest BCUT2D eigenvalue weighted by atomic mass is 10.0. The summed E-state index contributed by atoms with van der Waals surface area (Å²) >= 11 is 0. The zero-order chi connectivity index (χ0) is 18.3. The summed E-state index contributed by atoms with van der Waals surface area (Å²) in [6.45, 7) is 3.12. The standard InChI is InChI=1S/C18H15F2N3O2/c1-10-8-23(15-7-12(9-24)22(3)21-15)17(11(2)18(10)25)16-13(19)5-4-6-14(16)20/h4-9H,1-3H3. The quantitative estimate of drug-likeness (QED) is 0.687. The van der Waals surface area contributed by atoms with Gasteiger partial charge in [-0.2, -0.15) is 5.10 Å². The number of aromatic nitrogens is 3. The van der Waals surface area contributed by atoms with E-state index in [1.807, 2.05) is 0 Å². The average molecular weight is 343 g/mol. The summed E-state index contributed by atoms with van der Waals surface area (Å²) in [6, 6.07) is 4.99. The van der Waals surface area contributed by atoms with E-state index in [4.69, 9.17) is 0 Å². The van der Waals surface area contributed by atoms with Crippen molar-refractivity contribution in [3.63, 3.8) is 0 Å². The van der Waals surface area contributed by atoms with Gasteiger partial charge in [0.2, 0.25) is 0 Å². The van der Waals surface area contributed by atoms with E-state index < -0.39 is 11.6 Å². The Morgan fingerprint density at radius 3 is 2.36 bits per heavy atom. The molecule has 0 radical (unpaired) electrons. The van der Waals surface area contributed by atoms with Gasteiger partial charge in [-0.1, -0.05) is 6.07 Å². The first-order chi connectivity index (χ1) is 11.8. The fraction of sp³-hybridized carbons (Fsp3) is 0.167. The summed E-state index contributed by atoms with van der Waals surface area (Å²) < 4.78 is 31.5. The lowest BCUT2D eigenvalue weighted by Gasteiger charge is -2.16. The molecule has 0 saturated heterocycles. The molecule has 0 fully saturated rings. The number of carbonyl (C=O) groups excluding carboxylic acids is 1. The molecule has 0 aliphatic rings. The van der Waals surface area contributed by atoms with Crippen molar-refractivity contribution in [3.8, 4) is 17.1 Å². The van der Waals surface area contributed by atoms with Gasteiger partial charge in [0.15, 0.2) is 17.5 Å². The molecule has 2 aromatic heterocycles. The molecule has 3 aromatic rings.